The molecule has 0 amide bonds. The topological polar surface area (TPSA) is 0 Å². The SMILES string of the molecule is CCCCC[PH](C)(C1CCCCC1)C1CCCCC1. The van der Waals surface area contributed by atoms with Crippen molar-refractivity contribution in [1.29, 1.82) is 0 Å². The van der Waals surface area contributed by atoms with Gasteiger partial charge in [-0.25, -0.2) is 0 Å². The Morgan fingerprint density at radius 3 is 1.63 bits per heavy atom. The van der Waals surface area contributed by atoms with Gasteiger partial charge in [0.15, 0.2) is 0 Å². The molecule has 0 radical (unpaired) electrons. The molecule has 0 aromatic rings. The second-order valence-electron chi connectivity index (χ2n) is 7.63. The molecule has 0 saturated heterocycles. The third kappa shape index (κ3) is 4.20. The summed E-state index contributed by atoms with van der Waals surface area (Å²) in [4.78, 5) is 0. The van der Waals surface area contributed by atoms with Crippen LogP contribution in [0, 0.1) is 0 Å². The molecule has 0 unspecified atom stereocenters. The van der Waals surface area contributed by atoms with Gasteiger partial charge in [-0.2, -0.15) is 0 Å². The summed E-state index contributed by atoms with van der Waals surface area (Å²) in [5.74, 6) is 0. The van der Waals surface area contributed by atoms with E-state index in [9.17, 15) is 0 Å². The molecular formula is C18H37P. The first-order chi connectivity index (χ1) is 9.27. The molecule has 2 fully saturated rings. The number of hydrogen-bond acceptors (Lipinski definition) is 0. The van der Waals surface area contributed by atoms with Crippen molar-refractivity contribution in [2.24, 2.45) is 0 Å². The number of unbranched alkanes of at least 4 members (excludes halogenated alkanes) is 2. The Hall–Kier alpha value is 0.430. The van der Waals surface area contributed by atoms with Crippen LogP contribution in [0.2, 0.25) is 0 Å². The van der Waals surface area contributed by atoms with Gasteiger partial charge in [0, 0.05) is 0 Å². The fourth-order valence-electron chi connectivity index (χ4n) is 5.02. The second-order valence-corrected chi connectivity index (χ2v) is 12.8. The van der Waals surface area contributed by atoms with Crippen LogP contribution in [0.25, 0.3) is 0 Å². The van der Waals surface area contributed by atoms with Crippen molar-refractivity contribution in [1.82, 2.24) is 0 Å². The van der Waals surface area contributed by atoms with E-state index in [-0.39, 0.29) is 0 Å². The normalized spacial score (nSPS) is 24.5. The summed E-state index contributed by atoms with van der Waals surface area (Å²) in [5, 5.41) is 0. The van der Waals surface area contributed by atoms with Crippen molar-refractivity contribution in [2.75, 3.05) is 12.8 Å². The monoisotopic (exact) mass is 284 g/mol. The van der Waals surface area contributed by atoms with Gasteiger partial charge in [0.05, 0.1) is 0 Å². The zero-order valence-corrected chi connectivity index (χ0v) is 14.6. The Bertz CT molecular complexity index is 218. The van der Waals surface area contributed by atoms with Gasteiger partial charge in [-0.1, -0.05) is 0 Å². The Labute approximate surface area is 122 Å². The van der Waals surface area contributed by atoms with Crippen LogP contribution in [0.3, 0.4) is 0 Å². The first kappa shape index (κ1) is 15.8. The number of rotatable bonds is 6. The van der Waals surface area contributed by atoms with E-state index in [2.05, 4.69) is 13.6 Å². The molecular weight excluding hydrogens is 247 g/mol. The Morgan fingerprint density at radius 2 is 1.21 bits per heavy atom. The zero-order valence-electron chi connectivity index (χ0n) is 13.6. The molecule has 2 aliphatic rings. The van der Waals surface area contributed by atoms with Crippen LogP contribution in [0.1, 0.15) is 90.4 Å². The van der Waals surface area contributed by atoms with Crippen LogP contribution >= 0.6 is 7.26 Å². The maximum absolute atomic E-state index is 2.83. The molecule has 0 atom stereocenters. The Morgan fingerprint density at radius 1 is 0.737 bits per heavy atom. The van der Waals surface area contributed by atoms with E-state index in [0.29, 0.717) is 0 Å². The standard InChI is InChI=1S/C18H37P/c1-3-4-11-16-19(2,17-12-7-5-8-13-17)18-14-9-6-10-15-18/h17-19H,3-16H2,1-2H3. The molecule has 0 aromatic heterocycles. The van der Waals surface area contributed by atoms with Gasteiger partial charge >= 0.3 is 122 Å². The van der Waals surface area contributed by atoms with Crippen molar-refractivity contribution in [3.63, 3.8) is 0 Å². The van der Waals surface area contributed by atoms with E-state index in [1.165, 1.54) is 37.0 Å². The summed E-state index contributed by atoms with van der Waals surface area (Å²) in [5.41, 5.74) is 2.39. The molecule has 0 nitrogen and oxygen atoms in total. The minimum atomic E-state index is -0.985. The molecule has 2 aliphatic carbocycles. The van der Waals surface area contributed by atoms with Crippen LogP contribution in [0.15, 0.2) is 0 Å². The molecule has 0 N–H and O–H groups in total. The van der Waals surface area contributed by atoms with Gasteiger partial charge in [-0.05, 0) is 0 Å². The van der Waals surface area contributed by atoms with E-state index < -0.39 is 7.26 Å². The Balaban J connectivity index is 2.00. The Kier molecular flexibility index (Phi) is 6.67. The van der Waals surface area contributed by atoms with Crippen LogP contribution in [-0.4, -0.2) is 24.1 Å². The zero-order chi connectivity index (χ0) is 13.6. The first-order valence-electron chi connectivity index (χ1n) is 9.27. The van der Waals surface area contributed by atoms with Gasteiger partial charge in [0.2, 0.25) is 0 Å². The first-order valence-corrected chi connectivity index (χ1v) is 12.1. The summed E-state index contributed by atoms with van der Waals surface area (Å²) in [7, 11) is -0.985. The van der Waals surface area contributed by atoms with Crippen LogP contribution in [0.5, 0.6) is 0 Å². The maximum atomic E-state index is 2.83. The van der Waals surface area contributed by atoms with Crippen LogP contribution in [-0.2, 0) is 0 Å². The number of hydrogen-bond donors (Lipinski definition) is 0. The van der Waals surface area contributed by atoms with Crippen molar-refractivity contribution in [3.05, 3.63) is 0 Å². The quantitative estimate of drug-likeness (QED) is 0.401. The molecule has 114 valence electrons. The molecule has 0 heterocycles. The minimum absolute atomic E-state index is 0.985. The van der Waals surface area contributed by atoms with Crippen molar-refractivity contribution >= 4 is 7.26 Å². The third-order valence-corrected chi connectivity index (χ3v) is 12.7. The predicted octanol–water partition coefficient (Wildman–Crippen LogP) is 6.22. The van der Waals surface area contributed by atoms with Crippen molar-refractivity contribution in [3.8, 4) is 0 Å². The van der Waals surface area contributed by atoms with Gasteiger partial charge < -0.3 is 0 Å². The average Bonchev–Trinajstić information content (AvgIpc) is 2.49. The average molecular weight is 284 g/mol. The van der Waals surface area contributed by atoms with Crippen molar-refractivity contribution in [2.45, 2.75) is 102 Å². The molecule has 0 aromatic carbocycles. The van der Waals surface area contributed by atoms with Crippen LogP contribution in [0.4, 0.5) is 0 Å². The summed E-state index contributed by atoms with van der Waals surface area (Å²) >= 11 is 0. The van der Waals surface area contributed by atoms with Crippen molar-refractivity contribution < 1.29 is 0 Å². The molecule has 2 rings (SSSR count). The van der Waals surface area contributed by atoms with E-state index >= 15 is 0 Å². The molecule has 2 saturated carbocycles. The predicted molar refractivity (Wildman–Crippen MR) is 92.4 cm³/mol. The molecule has 1 heteroatoms. The van der Waals surface area contributed by atoms with Gasteiger partial charge in [0.25, 0.3) is 0 Å². The molecule has 0 aliphatic heterocycles. The van der Waals surface area contributed by atoms with E-state index in [4.69, 9.17) is 0 Å². The van der Waals surface area contributed by atoms with E-state index in [1.54, 1.807) is 63.9 Å². The molecule has 0 bridgehead atoms. The molecule has 19 heavy (non-hydrogen) atoms. The fourth-order valence-corrected chi connectivity index (χ4v) is 11.0. The summed E-state index contributed by atoms with van der Waals surface area (Å²) < 4.78 is 0. The fraction of sp³-hybridized carbons (Fsp3) is 1.00. The van der Waals surface area contributed by atoms with E-state index in [0.717, 1.165) is 0 Å². The van der Waals surface area contributed by atoms with Gasteiger partial charge in [0.1, 0.15) is 0 Å². The molecule has 0 spiro atoms. The van der Waals surface area contributed by atoms with Crippen LogP contribution < -0.4 is 0 Å². The summed E-state index contributed by atoms with van der Waals surface area (Å²) in [6, 6.07) is 0. The summed E-state index contributed by atoms with van der Waals surface area (Å²) in [6.45, 7) is 5.19. The van der Waals surface area contributed by atoms with E-state index in [1.807, 2.05) is 0 Å². The second kappa shape index (κ2) is 8.02. The van der Waals surface area contributed by atoms with Gasteiger partial charge in [-0.3, -0.25) is 0 Å². The summed E-state index contributed by atoms with van der Waals surface area (Å²) in [6.07, 6.45) is 21.8. The third-order valence-electron chi connectivity index (χ3n) is 6.39. The van der Waals surface area contributed by atoms with Gasteiger partial charge in [-0.15, -0.1) is 0 Å².